The highest BCUT2D eigenvalue weighted by atomic mass is 19.1. The molecule has 0 spiro atoms. The molecule has 2 atom stereocenters. The number of halogens is 1. The average molecular weight is 400 g/mol. The van der Waals surface area contributed by atoms with Crippen molar-refractivity contribution < 1.29 is 23.5 Å². The van der Waals surface area contributed by atoms with Crippen LogP contribution in [0.15, 0.2) is 48.5 Å². The zero-order chi connectivity index (χ0) is 21.4. The van der Waals surface area contributed by atoms with Crippen molar-refractivity contribution in [2.45, 2.75) is 38.8 Å². The van der Waals surface area contributed by atoms with E-state index in [-0.39, 0.29) is 12.8 Å². The Bertz CT molecular complexity index is 885. The van der Waals surface area contributed by atoms with Crippen LogP contribution in [0.25, 0.3) is 0 Å². The van der Waals surface area contributed by atoms with E-state index >= 15 is 0 Å². The van der Waals surface area contributed by atoms with Crippen LogP contribution < -0.4 is 10.6 Å². The van der Waals surface area contributed by atoms with Crippen molar-refractivity contribution in [2.24, 2.45) is 0 Å². The molecule has 2 amide bonds. The van der Waals surface area contributed by atoms with Crippen LogP contribution in [0.4, 0.5) is 4.39 Å². The summed E-state index contributed by atoms with van der Waals surface area (Å²) in [5.41, 5.74) is 2.44. The van der Waals surface area contributed by atoms with Gasteiger partial charge in [-0.15, -0.1) is 0 Å². The van der Waals surface area contributed by atoms with Crippen molar-refractivity contribution >= 4 is 17.8 Å². The summed E-state index contributed by atoms with van der Waals surface area (Å²) in [7, 11) is 1.25. The van der Waals surface area contributed by atoms with Gasteiger partial charge in [-0.1, -0.05) is 42.0 Å². The molecule has 0 saturated heterocycles. The fourth-order valence-electron chi connectivity index (χ4n) is 3.04. The van der Waals surface area contributed by atoms with Gasteiger partial charge in [0.05, 0.1) is 7.11 Å². The molecule has 0 bridgehead atoms. The molecule has 29 heavy (non-hydrogen) atoms. The lowest BCUT2D eigenvalue weighted by molar-refractivity contribution is -0.145. The molecule has 154 valence electrons. The van der Waals surface area contributed by atoms with Crippen LogP contribution in [0.5, 0.6) is 0 Å². The largest absolute Gasteiger partial charge is 0.467 e. The average Bonchev–Trinajstić information content (AvgIpc) is 2.66. The zero-order valence-corrected chi connectivity index (χ0v) is 16.7. The van der Waals surface area contributed by atoms with Gasteiger partial charge in [0.25, 0.3) is 0 Å². The highest BCUT2D eigenvalue weighted by Gasteiger charge is 2.27. The summed E-state index contributed by atoms with van der Waals surface area (Å²) in [6, 6.07) is 11.5. The molecule has 0 saturated carbocycles. The van der Waals surface area contributed by atoms with Gasteiger partial charge in [0, 0.05) is 19.8 Å². The third-order valence-electron chi connectivity index (χ3n) is 4.35. The number of carbonyl (C=O) groups is 3. The van der Waals surface area contributed by atoms with Gasteiger partial charge in [0.1, 0.15) is 17.9 Å². The summed E-state index contributed by atoms with van der Waals surface area (Å²) in [6.07, 6.45) is 0.328. The number of benzene rings is 2. The Morgan fingerprint density at radius 1 is 0.966 bits per heavy atom. The fraction of sp³-hybridized carbons (Fsp3) is 0.318. The quantitative estimate of drug-likeness (QED) is 0.665. The molecule has 0 heterocycles. The van der Waals surface area contributed by atoms with Gasteiger partial charge in [-0.25, -0.2) is 9.18 Å². The second-order valence-corrected chi connectivity index (χ2v) is 6.86. The molecule has 0 aliphatic heterocycles. The van der Waals surface area contributed by atoms with Crippen LogP contribution in [-0.2, 0) is 32.0 Å². The minimum atomic E-state index is -0.959. The van der Waals surface area contributed by atoms with Crippen LogP contribution in [0, 0.1) is 12.7 Å². The van der Waals surface area contributed by atoms with E-state index in [1.807, 2.05) is 31.2 Å². The second kappa shape index (κ2) is 10.4. The SMILES string of the molecule is COC(=O)[C@H](Cc1cccc(C)c1)NC(=O)[C@H](Cc1cccc(F)c1)NC(C)=O. The third-order valence-corrected chi connectivity index (χ3v) is 4.35. The monoisotopic (exact) mass is 400 g/mol. The van der Waals surface area contributed by atoms with Gasteiger partial charge in [-0.2, -0.15) is 0 Å². The summed E-state index contributed by atoms with van der Waals surface area (Å²) >= 11 is 0. The maximum atomic E-state index is 13.5. The number of methoxy groups -OCH3 is 1. The third kappa shape index (κ3) is 7.03. The fourth-order valence-corrected chi connectivity index (χ4v) is 3.04. The number of amides is 2. The van der Waals surface area contributed by atoms with Gasteiger partial charge < -0.3 is 15.4 Å². The van der Waals surface area contributed by atoms with Crippen molar-refractivity contribution in [3.8, 4) is 0 Å². The molecule has 0 aliphatic rings. The Balaban J connectivity index is 2.17. The Labute approximate surface area is 169 Å². The molecule has 0 aromatic heterocycles. The molecule has 0 fully saturated rings. The molecule has 2 aromatic rings. The van der Waals surface area contributed by atoms with Crippen molar-refractivity contribution in [1.29, 1.82) is 0 Å². The summed E-state index contributed by atoms with van der Waals surface area (Å²) in [5, 5.41) is 5.21. The number of aryl methyl sites for hydroxylation is 1. The standard InChI is InChI=1S/C22H25FN2O4/c1-14-6-4-7-16(10-14)13-20(22(28)29-3)25-21(27)19(24-15(2)26)12-17-8-5-9-18(23)11-17/h4-11,19-20H,12-13H2,1-3H3,(H,24,26)(H,25,27)/t19-,20-/m0/s1. The van der Waals surface area contributed by atoms with Gasteiger partial charge in [-0.3, -0.25) is 9.59 Å². The van der Waals surface area contributed by atoms with E-state index in [4.69, 9.17) is 4.74 Å². The number of hydrogen-bond acceptors (Lipinski definition) is 4. The Kier molecular flexibility index (Phi) is 7.88. The maximum Gasteiger partial charge on any atom is 0.328 e. The lowest BCUT2D eigenvalue weighted by atomic mass is 10.0. The summed E-state index contributed by atoms with van der Waals surface area (Å²) in [4.78, 5) is 36.6. The van der Waals surface area contributed by atoms with Crippen LogP contribution in [-0.4, -0.2) is 37.0 Å². The van der Waals surface area contributed by atoms with E-state index in [0.717, 1.165) is 11.1 Å². The molecule has 6 nitrogen and oxygen atoms in total. The Morgan fingerprint density at radius 2 is 1.59 bits per heavy atom. The summed E-state index contributed by atoms with van der Waals surface area (Å²) in [5.74, 6) is -1.98. The predicted octanol–water partition coefficient (Wildman–Crippen LogP) is 2.08. The highest BCUT2D eigenvalue weighted by molar-refractivity contribution is 5.90. The molecule has 0 radical (unpaired) electrons. The Morgan fingerprint density at radius 3 is 2.17 bits per heavy atom. The molecule has 2 N–H and O–H groups in total. The van der Waals surface area contributed by atoms with Gasteiger partial charge in [0.2, 0.25) is 11.8 Å². The van der Waals surface area contributed by atoms with Crippen LogP contribution in [0.2, 0.25) is 0 Å². The number of esters is 1. The van der Waals surface area contributed by atoms with E-state index < -0.39 is 35.7 Å². The van der Waals surface area contributed by atoms with Crippen molar-refractivity contribution in [3.63, 3.8) is 0 Å². The van der Waals surface area contributed by atoms with Gasteiger partial charge in [-0.05, 0) is 30.2 Å². The minimum absolute atomic E-state index is 0.0848. The molecule has 7 heteroatoms. The van der Waals surface area contributed by atoms with Crippen LogP contribution >= 0.6 is 0 Å². The molecule has 0 unspecified atom stereocenters. The van der Waals surface area contributed by atoms with E-state index in [9.17, 15) is 18.8 Å². The lowest BCUT2D eigenvalue weighted by Crippen LogP contribution is -2.53. The van der Waals surface area contributed by atoms with E-state index in [2.05, 4.69) is 10.6 Å². The first-order chi connectivity index (χ1) is 13.8. The molecular formula is C22H25FN2O4. The van der Waals surface area contributed by atoms with E-state index in [0.29, 0.717) is 5.56 Å². The van der Waals surface area contributed by atoms with Gasteiger partial charge in [0.15, 0.2) is 0 Å². The van der Waals surface area contributed by atoms with Crippen molar-refractivity contribution in [2.75, 3.05) is 7.11 Å². The minimum Gasteiger partial charge on any atom is -0.467 e. The topological polar surface area (TPSA) is 84.5 Å². The molecule has 2 aromatic carbocycles. The lowest BCUT2D eigenvalue weighted by Gasteiger charge is -2.22. The second-order valence-electron chi connectivity index (χ2n) is 6.86. The van der Waals surface area contributed by atoms with E-state index in [1.165, 1.54) is 32.2 Å². The summed E-state index contributed by atoms with van der Waals surface area (Å²) in [6.45, 7) is 3.22. The predicted molar refractivity (Wildman–Crippen MR) is 107 cm³/mol. The van der Waals surface area contributed by atoms with Crippen LogP contribution in [0.1, 0.15) is 23.6 Å². The molecular weight excluding hydrogens is 375 g/mol. The first kappa shape index (κ1) is 22.1. The van der Waals surface area contributed by atoms with Crippen molar-refractivity contribution in [1.82, 2.24) is 10.6 Å². The number of rotatable bonds is 8. The number of carbonyl (C=O) groups excluding carboxylic acids is 3. The normalized spacial score (nSPS) is 12.6. The zero-order valence-electron chi connectivity index (χ0n) is 16.7. The number of nitrogens with one attached hydrogen (secondary N) is 2. The maximum absolute atomic E-state index is 13.5. The first-order valence-electron chi connectivity index (χ1n) is 9.23. The van der Waals surface area contributed by atoms with E-state index in [1.54, 1.807) is 6.07 Å². The first-order valence-corrected chi connectivity index (χ1v) is 9.23. The van der Waals surface area contributed by atoms with Crippen molar-refractivity contribution in [3.05, 3.63) is 71.0 Å². The summed E-state index contributed by atoms with van der Waals surface area (Å²) < 4.78 is 18.3. The number of ether oxygens (including phenoxy) is 1. The molecule has 2 rings (SSSR count). The Hall–Kier alpha value is -3.22. The molecule has 0 aliphatic carbocycles. The van der Waals surface area contributed by atoms with Crippen LogP contribution in [0.3, 0.4) is 0 Å². The smallest absolute Gasteiger partial charge is 0.328 e. The highest BCUT2D eigenvalue weighted by Crippen LogP contribution is 2.10. The number of hydrogen-bond donors (Lipinski definition) is 2. The van der Waals surface area contributed by atoms with Gasteiger partial charge >= 0.3 is 5.97 Å².